The van der Waals surface area contributed by atoms with E-state index in [1.807, 2.05) is 11.8 Å². The molecule has 1 fully saturated rings. The van der Waals surface area contributed by atoms with Gasteiger partial charge in [-0.15, -0.1) is 4.40 Å². The predicted molar refractivity (Wildman–Crippen MR) is 99.5 cm³/mol. The van der Waals surface area contributed by atoms with E-state index in [2.05, 4.69) is 4.40 Å². The second-order valence-corrected chi connectivity index (χ2v) is 8.54. The van der Waals surface area contributed by atoms with E-state index in [0.29, 0.717) is 36.4 Å². The number of likely N-dealkylation sites (tertiary alicyclic amines) is 1. The lowest BCUT2D eigenvalue weighted by Gasteiger charge is -2.33. The summed E-state index contributed by atoms with van der Waals surface area (Å²) in [5.41, 5.74) is 7.04. The maximum atomic E-state index is 12.1. The summed E-state index contributed by atoms with van der Waals surface area (Å²) in [6.45, 7) is 3.98. The van der Waals surface area contributed by atoms with Gasteiger partial charge in [0.15, 0.2) is 0 Å². The summed E-state index contributed by atoms with van der Waals surface area (Å²) in [5.74, 6) is 0.825. The average Bonchev–Trinajstić information content (AvgIpc) is 2.59. The minimum Gasteiger partial charge on any atom is -0.492 e. The van der Waals surface area contributed by atoms with E-state index < -0.39 is 10.0 Å². The van der Waals surface area contributed by atoms with Crippen LogP contribution in [0.2, 0.25) is 0 Å². The number of ether oxygens (including phenoxy) is 1. The average molecular weight is 379 g/mol. The zero-order valence-corrected chi connectivity index (χ0v) is 15.8. The molecule has 0 radical (unpaired) electrons. The first-order valence-corrected chi connectivity index (χ1v) is 10.6. The Kier molecular flexibility index (Phi) is 5.50. The van der Waals surface area contributed by atoms with Gasteiger partial charge in [0.25, 0.3) is 10.0 Å². The molecule has 1 aromatic rings. The number of piperidine rings is 1. The van der Waals surface area contributed by atoms with E-state index >= 15 is 0 Å². The van der Waals surface area contributed by atoms with Gasteiger partial charge in [-0.2, -0.15) is 0 Å². The van der Waals surface area contributed by atoms with E-state index in [0.717, 1.165) is 25.8 Å². The van der Waals surface area contributed by atoms with Crippen LogP contribution in [0.5, 0.6) is 5.75 Å². The van der Waals surface area contributed by atoms with Gasteiger partial charge in [0.1, 0.15) is 11.6 Å². The fourth-order valence-corrected chi connectivity index (χ4v) is 4.63. The molecule has 0 aliphatic carbocycles. The fraction of sp³-hybridized carbons (Fsp3) is 0.556. The lowest BCUT2D eigenvalue weighted by Crippen LogP contribution is -2.41. The van der Waals surface area contributed by atoms with Crippen LogP contribution in [0.25, 0.3) is 0 Å². The largest absolute Gasteiger partial charge is 0.492 e. The van der Waals surface area contributed by atoms with Gasteiger partial charge >= 0.3 is 0 Å². The molecule has 142 valence electrons. The highest BCUT2D eigenvalue weighted by molar-refractivity contribution is 7.89. The number of carbonyl (C=O) groups excluding carboxylic acids is 1. The number of sulfonamides is 1. The molecule has 3 rings (SSSR count). The summed E-state index contributed by atoms with van der Waals surface area (Å²) in [6, 6.07) is 5.27. The lowest BCUT2D eigenvalue weighted by molar-refractivity contribution is -0.133. The Morgan fingerprint density at radius 2 is 2.23 bits per heavy atom. The van der Waals surface area contributed by atoms with Crippen LogP contribution in [0, 0.1) is 5.92 Å². The van der Waals surface area contributed by atoms with Crippen LogP contribution in [0.15, 0.2) is 22.6 Å². The highest BCUT2D eigenvalue weighted by atomic mass is 32.2. The minimum atomic E-state index is -3.56. The van der Waals surface area contributed by atoms with Crippen LogP contribution in [0.3, 0.4) is 0 Å². The van der Waals surface area contributed by atoms with Crippen LogP contribution in [-0.4, -0.2) is 44.8 Å². The second-order valence-electron chi connectivity index (χ2n) is 6.90. The van der Waals surface area contributed by atoms with Gasteiger partial charge in [0, 0.05) is 25.4 Å². The summed E-state index contributed by atoms with van der Waals surface area (Å²) < 4.78 is 33.1. The number of amides is 1. The first kappa shape index (κ1) is 18.7. The third-order valence-electron chi connectivity index (χ3n) is 4.75. The Balaban J connectivity index is 1.69. The highest BCUT2D eigenvalue weighted by Crippen LogP contribution is 2.29. The normalized spacial score (nSPS) is 21.7. The molecule has 0 unspecified atom stereocenters. The molecular weight excluding hydrogens is 354 g/mol. The van der Waals surface area contributed by atoms with Crippen molar-refractivity contribution < 1.29 is 17.9 Å². The third-order valence-corrected chi connectivity index (χ3v) is 5.90. The number of rotatable bonds is 5. The number of carbonyl (C=O) groups is 1. The molecule has 1 atom stereocenters. The molecule has 2 heterocycles. The molecule has 8 heteroatoms. The van der Waals surface area contributed by atoms with Crippen molar-refractivity contribution in [2.24, 2.45) is 16.0 Å². The molecule has 0 saturated carbocycles. The van der Waals surface area contributed by atoms with E-state index in [-0.39, 0.29) is 23.4 Å². The van der Waals surface area contributed by atoms with Gasteiger partial charge in [-0.25, -0.2) is 8.42 Å². The molecular formula is C18H25N3O4S. The predicted octanol–water partition coefficient (Wildman–Crippen LogP) is 1.65. The van der Waals surface area contributed by atoms with Crippen LogP contribution < -0.4 is 10.5 Å². The van der Waals surface area contributed by atoms with Crippen LogP contribution in [-0.2, 0) is 20.6 Å². The van der Waals surface area contributed by atoms with Gasteiger partial charge in [-0.3, -0.25) is 4.79 Å². The van der Waals surface area contributed by atoms with Crippen molar-refractivity contribution >= 4 is 21.8 Å². The van der Waals surface area contributed by atoms with Crippen molar-refractivity contribution in [2.45, 2.75) is 38.4 Å². The topological polar surface area (TPSA) is 102 Å². The molecule has 7 nitrogen and oxygen atoms in total. The monoisotopic (exact) mass is 379 g/mol. The van der Waals surface area contributed by atoms with E-state index in [9.17, 15) is 13.2 Å². The minimum absolute atomic E-state index is 0.0229. The molecule has 2 N–H and O–H groups in total. The maximum absolute atomic E-state index is 12.1. The highest BCUT2D eigenvalue weighted by Gasteiger charge is 2.27. The van der Waals surface area contributed by atoms with Crippen molar-refractivity contribution in [3.05, 3.63) is 29.3 Å². The van der Waals surface area contributed by atoms with Gasteiger partial charge in [0.2, 0.25) is 5.91 Å². The Morgan fingerprint density at radius 3 is 3.00 bits per heavy atom. The van der Waals surface area contributed by atoms with Crippen LogP contribution in [0.4, 0.5) is 0 Å². The zero-order valence-electron chi connectivity index (χ0n) is 15.0. The molecule has 0 bridgehead atoms. The summed E-state index contributed by atoms with van der Waals surface area (Å²) >= 11 is 0. The number of hydrogen-bond acceptors (Lipinski definition) is 5. The molecule has 26 heavy (non-hydrogen) atoms. The molecule has 1 aromatic carbocycles. The Hall–Kier alpha value is -2.09. The SMILES string of the molecule is CCCC(=O)N1CCC[C@@H](COc2cccc3c2C(N)=NS(=O)(=O)C3)C1. The van der Waals surface area contributed by atoms with Crippen LogP contribution >= 0.6 is 0 Å². The Labute approximate surface area is 154 Å². The zero-order chi connectivity index (χ0) is 18.7. The number of benzene rings is 1. The van der Waals surface area contributed by atoms with Gasteiger partial charge in [-0.05, 0) is 30.9 Å². The van der Waals surface area contributed by atoms with Crippen molar-refractivity contribution in [1.82, 2.24) is 4.90 Å². The standard InChI is InChI=1S/C18H25N3O4S/c1-2-5-16(22)21-9-4-6-13(10-21)11-25-15-8-3-7-14-12-26(23,24)20-18(19)17(14)15/h3,7-8,13H,2,4-6,9-12H2,1H3,(H2,19,20)/t13-/m1/s1. The fourth-order valence-electron chi connectivity index (χ4n) is 3.54. The summed E-state index contributed by atoms with van der Waals surface area (Å²) in [5, 5.41) is 0. The quantitative estimate of drug-likeness (QED) is 0.838. The number of fused-ring (bicyclic) bond motifs is 1. The molecule has 0 spiro atoms. The Bertz CT molecular complexity index is 820. The molecule has 2 aliphatic rings. The summed E-state index contributed by atoms with van der Waals surface area (Å²) in [7, 11) is -3.56. The number of amidine groups is 1. The van der Waals surface area contributed by atoms with E-state index in [1.54, 1.807) is 18.2 Å². The van der Waals surface area contributed by atoms with E-state index in [1.165, 1.54) is 0 Å². The Morgan fingerprint density at radius 1 is 1.42 bits per heavy atom. The molecule has 2 aliphatic heterocycles. The van der Waals surface area contributed by atoms with Gasteiger partial charge in [-0.1, -0.05) is 19.1 Å². The smallest absolute Gasteiger partial charge is 0.259 e. The van der Waals surface area contributed by atoms with Crippen molar-refractivity contribution in [3.63, 3.8) is 0 Å². The summed E-state index contributed by atoms with van der Waals surface area (Å²) in [4.78, 5) is 14.0. The molecule has 1 saturated heterocycles. The van der Waals surface area contributed by atoms with Crippen molar-refractivity contribution in [3.8, 4) is 5.75 Å². The van der Waals surface area contributed by atoms with Crippen molar-refractivity contribution in [2.75, 3.05) is 19.7 Å². The van der Waals surface area contributed by atoms with Crippen molar-refractivity contribution in [1.29, 1.82) is 0 Å². The number of hydrogen-bond donors (Lipinski definition) is 1. The molecule has 0 aromatic heterocycles. The third kappa shape index (κ3) is 4.17. The van der Waals surface area contributed by atoms with Gasteiger partial charge in [0.05, 0.1) is 17.9 Å². The van der Waals surface area contributed by atoms with Crippen LogP contribution in [0.1, 0.15) is 43.7 Å². The first-order valence-electron chi connectivity index (χ1n) is 9.00. The lowest BCUT2D eigenvalue weighted by atomic mass is 9.98. The number of nitrogens with two attached hydrogens (primary N) is 1. The van der Waals surface area contributed by atoms with Gasteiger partial charge < -0.3 is 15.4 Å². The second kappa shape index (κ2) is 7.65. The maximum Gasteiger partial charge on any atom is 0.259 e. The first-order chi connectivity index (χ1) is 12.4. The molecule has 1 amide bonds. The summed E-state index contributed by atoms with van der Waals surface area (Å²) in [6.07, 6.45) is 3.41. The number of nitrogens with zero attached hydrogens (tertiary/aromatic N) is 2. The van der Waals surface area contributed by atoms with E-state index in [4.69, 9.17) is 10.5 Å².